The predicted octanol–water partition coefficient (Wildman–Crippen LogP) is 1.34. The molecule has 1 aromatic rings. The van der Waals surface area contributed by atoms with E-state index in [1.807, 2.05) is 14.1 Å². The number of amides is 1. The minimum Gasteiger partial charge on any atom is -0.347 e. The molecule has 2 unspecified atom stereocenters. The second-order valence-electron chi connectivity index (χ2n) is 6.45. The van der Waals surface area contributed by atoms with E-state index in [-0.39, 0.29) is 11.9 Å². The topological polar surface area (TPSA) is 35.6 Å². The second kappa shape index (κ2) is 5.78. The third-order valence-corrected chi connectivity index (χ3v) is 4.76. The highest BCUT2D eigenvalue weighted by Gasteiger charge is 2.37. The van der Waals surface area contributed by atoms with Crippen molar-refractivity contribution in [3.05, 3.63) is 34.9 Å². The highest BCUT2D eigenvalue weighted by atomic mass is 16.2. The van der Waals surface area contributed by atoms with Gasteiger partial charge in [-0.2, -0.15) is 0 Å². The molecule has 1 amide bonds. The third kappa shape index (κ3) is 2.70. The lowest BCUT2D eigenvalue weighted by atomic mass is 10.0. The summed E-state index contributed by atoms with van der Waals surface area (Å²) in [5.74, 6) is 0.211. The molecule has 0 radical (unpaired) electrons. The Balaban J connectivity index is 1.89. The van der Waals surface area contributed by atoms with E-state index in [2.05, 4.69) is 35.3 Å². The first-order valence-corrected chi connectivity index (χ1v) is 7.85. The van der Waals surface area contributed by atoms with Gasteiger partial charge in [0, 0.05) is 39.8 Å². The van der Waals surface area contributed by atoms with Crippen LogP contribution in [0.3, 0.4) is 0 Å². The van der Waals surface area contributed by atoms with E-state index in [0.29, 0.717) is 6.04 Å². The van der Waals surface area contributed by atoms with Crippen molar-refractivity contribution >= 4 is 5.91 Å². The molecule has 1 aliphatic carbocycles. The number of rotatable bonds is 2. The first kappa shape index (κ1) is 14.5. The number of nitrogens with zero attached hydrogens (tertiary/aromatic N) is 2. The van der Waals surface area contributed by atoms with Gasteiger partial charge in [0.1, 0.15) is 6.04 Å². The van der Waals surface area contributed by atoms with Crippen LogP contribution in [0.4, 0.5) is 0 Å². The Bertz CT molecular complexity index is 541. The van der Waals surface area contributed by atoms with Crippen molar-refractivity contribution in [2.75, 3.05) is 33.7 Å². The zero-order valence-corrected chi connectivity index (χ0v) is 13.2. The number of piperazine rings is 1. The fourth-order valence-electron chi connectivity index (χ4n) is 3.66. The van der Waals surface area contributed by atoms with E-state index in [9.17, 15) is 4.79 Å². The van der Waals surface area contributed by atoms with Crippen LogP contribution < -0.4 is 5.32 Å². The second-order valence-corrected chi connectivity index (χ2v) is 6.45. The van der Waals surface area contributed by atoms with E-state index < -0.39 is 0 Å². The molecule has 21 heavy (non-hydrogen) atoms. The van der Waals surface area contributed by atoms with Gasteiger partial charge in [-0.15, -0.1) is 0 Å². The lowest BCUT2D eigenvalue weighted by Gasteiger charge is -2.40. The van der Waals surface area contributed by atoms with Crippen molar-refractivity contribution in [2.45, 2.75) is 31.8 Å². The molecule has 1 aromatic carbocycles. The van der Waals surface area contributed by atoms with Crippen molar-refractivity contribution < 1.29 is 4.79 Å². The zero-order valence-electron chi connectivity index (χ0n) is 13.2. The molecule has 3 rings (SSSR count). The Morgan fingerprint density at radius 3 is 2.95 bits per heavy atom. The quantitative estimate of drug-likeness (QED) is 0.892. The minimum absolute atomic E-state index is 0.0368. The van der Waals surface area contributed by atoms with E-state index in [0.717, 1.165) is 32.5 Å². The first-order chi connectivity index (χ1) is 10.1. The predicted molar refractivity (Wildman–Crippen MR) is 84.3 cm³/mol. The Morgan fingerprint density at radius 2 is 2.19 bits per heavy atom. The van der Waals surface area contributed by atoms with Gasteiger partial charge in [0.25, 0.3) is 0 Å². The molecule has 0 bridgehead atoms. The molecule has 1 N–H and O–H groups in total. The maximum absolute atomic E-state index is 12.5. The highest BCUT2D eigenvalue weighted by molar-refractivity contribution is 5.82. The van der Waals surface area contributed by atoms with Crippen LogP contribution in [0.5, 0.6) is 0 Å². The summed E-state index contributed by atoms with van der Waals surface area (Å²) in [5.41, 5.74) is 4.21. The van der Waals surface area contributed by atoms with Gasteiger partial charge >= 0.3 is 0 Å². The number of carbonyl (C=O) groups excluding carboxylic acids is 1. The molecule has 1 fully saturated rings. The maximum Gasteiger partial charge on any atom is 0.240 e. The monoisotopic (exact) mass is 287 g/mol. The van der Waals surface area contributed by atoms with Crippen LogP contribution >= 0.6 is 0 Å². The third-order valence-electron chi connectivity index (χ3n) is 4.76. The summed E-state index contributed by atoms with van der Waals surface area (Å²) in [6.07, 6.45) is 2.27. The highest BCUT2D eigenvalue weighted by Crippen LogP contribution is 2.37. The largest absolute Gasteiger partial charge is 0.347 e. The van der Waals surface area contributed by atoms with Crippen molar-refractivity contribution in [2.24, 2.45) is 0 Å². The van der Waals surface area contributed by atoms with Gasteiger partial charge in [0.2, 0.25) is 5.91 Å². The SMILES string of the molecule is Cc1ccc2c(c1)C(N1CCNCC1C(=O)N(C)C)CC2. The molecular weight excluding hydrogens is 262 g/mol. The summed E-state index contributed by atoms with van der Waals surface area (Å²) in [4.78, 5) is 16.6. The molecular formula is C17H25N3O. The summed E-state index contributed by atoms with van der Waals surface area (Å²) in [6, 6.07) is 7.13. The van der Waals surface area contributed by atoms with Crippen molar-refractivity contribution in [1.29, 1.82) is 0 Å². The summed E-state index contributed by atoms with van der Waals surface area (Å²) in [7, 11) is 3.70. The van der Waals surface area contributed by atoms with Gasteiger partial charge in [-0.1, -0.05) is 23.8 Å². The number of nitrogens with one attached hydrogen (secondary N) is 1. The number of hydrogen-bond acceptors (Lipinski definition) is 3. The Hall–Kier alpha value is -1.39. The van der Waals surface area contributed by atoms with Crippen LogP contribution in [0.1, 0.15) is 29.2 Å². The molecule has 1 heterocycles. The molecule has 2 atom stereocenters. The average molecular weight is 287 g/mol. The van der Waals surface area contributed by atoms with Gasteiger partial charge in [0.15, 0.2) is 0 Å². The number of fused-ring (bicyclic) bond motifs is 1. The van der Waals surface area contributed by atoms with Gasteiger partial charge in [-0.05, 0) is 30.9 Å². The van der Waals surface area contributed by atoms with E-state index in [1.165, 1.54) is 16.7 Å². The standard InChI is InChI=1S/C17H25N3O/c1-12-4-5-13-6-7-15(14(13)10-12)20-9-8-18-11-16(20)17(21)19(2)3/h4-5,10,15-16,18H,6-9,11H2,1-3H3. The number of aryl methyl sites for hydroxylation is 2. The van der Waals surface area contributed by atoms with E-state index >= 15 is 0 Å². The van der Waals surface area contributed by atoms with E-state index in [4.69, 9.17) is 0 Å². The first-order valence-electron chi connectivity index (χ1n) is 7.85. The molecule has 4 nitrogen and oxygen atoms in total. The molecule has 0 spiro atoms. The van der Waals surface area contributed by atoms with E-state index in [1.54, 1.807) is 4.90 Å². The summed E-state index contributed by atoms with van der Waals surface area (Å²) < 4.78 is 0. The molecule has 0 saturated carbocycles. The normalized spacial score (nSPS) is 25.7. The van der Waals surface area contributed by atoms with Gasteiger partial charge in [0.05, 0.1) is 0 Å². The van der Waals surface area contributed by atoms with Crippen LogP contribution in [-0.2, 0) is 11.2 Å². The summed E-state index contributed by atoms with van der Waals surface area (Å²) in [6.45, 7) is 4.82. The molecule has 2 aliphatic rings. The van der Waals surface area contributed by atoms with Gasteiger partial charge in [-0.25, -0.2) is 0 Å². The van der Waals surface area contributed by atoms with Crippen LogP contribution in [0.15, 0.2) is 18.2 Å². The Labute approximate surface area is 127 Å². The van der Waals surface area contributed by atoms with Crippen molar-refractivity contribution in [1.82, 2.24) is 15.1 Å². The van der Waals surface area contributed by atoms with Crippen LogP contribution in [0.2, 0.25) is 0 Å². The average Bonchev–Trinajstić information content (AvgIpc) is 2.89. The van der Waals surface area contributed by atoms with Crippen molar-refractivity contribution in [3.8, 4) is 0 Å². The lowest BCUT2D eigenvalue weighted by Crippen LogP contribution is -2.58. The van der Waals surface area contributed by atoms with Crippen LogP contribution in [0.25, 0.3) is 0 Å². The van der Waals surface area contributed by atoms with Gasteiger partial charge in [-0.3, -0.25) is 9.69 Å². The molecule has 4 heteroatoms. The van der Waals surface area contributed by atoms with Crippen LogP contribution in [0, 0.1) is 6.92 Å². The summed E-state index contributed by atoms with van der Waals surface area (Å²) in [5, 5.41) is 3.37. The smallest absolute Gasteiger partial charge is 0.240 e. The number of likely N-dealkylation sites (N-methyl/N-ethyl adjacent to an activating group) is 1. The van der Waals surface area contributed by atoms with Crippen molar-refractivity contribution in [3.63, 3.8) is 0 Å². The zero-order chi connectivity index (χ0) is 15.0. The molecule has 1 aliphatic heterocycles. The molecule has 0 aromatic heterocycles. The number of hydrogen-bond donors (Lipinski definition) is 1. The number of carbonyl (C=O) groups is 1. The minimum atomic E-state index is -0.0368. The fraction of sp³-hybridized carbons (Fsp3) is 0.588. The van der Waals surface area contributed by atoms with Gasteiger partial charge < -0.3 is 10.2 Å². The molecule has 1 saturated heterocycles. The van der Waals surface area contributed by atoms with Crippen LogP contribution in [-0.4, -0.2) is 55.5 Å². The maximum atomic E-state index is 12.5. The lowest BCUT2D eigenvalue weighted by molar-refractivity contribution is -0.136. The fourth-order valence-corrected chi connectivity index (χ4v) is 3.66. The summed E-state index contributed by atoms with van der Waals surface area (Å²) >= 11 is 0. The Morgan fingerprint density at radius 1 is 1.38 bits per heavy atom. The molecule has 114 valence electrons. The Kier molecular flexibility index (Phi) is 4.00. The number of benzene rings is 1.